The first-order chi connectivity index (χ1) is 5.79. The molecule has 0 N–H and O–H groups in total. The molecule has 1 heterocycles. The summed E-state index contributed by atoms with van der Waals surface area (Å²) in [4.78, 5) is 13.1. The Balaban J connectivity index is 1.90. The molecule has 1 saturated heterocycles. The van der Waals surface area contributed by atoms with E-state index in [1.807, 2.05) is 4.90 Å². The molecule has 64 valence electrons. The zero-order chi connectivity index (χ0) is 8.55. The van der Waals surface area contributed by atoms with Gasteiger partial charge < -0.3 is 4.90 Å². The standard InChI is InChI=1S/C9H12N2O/c10-4-8-3-9(12)11(6-8)5-7-1-2-7/h7-8H,1-3,5-6H2/t8-/m1/s1. The molecule has 1 aliphatic heterocycles. The van der Waals surface area contributed by atoms with Crippen LogP contribution in [-0.4, -0.2) is 23.9 Å². The van der Waals surface area contributed by atoms with E-state index >= 15 is 0 Å². The fraction of sp³-hybridized carbons (Fsp3) is 0.778. The molecule has 3 nitrogen and oxygen atoms in total. The summed E-state index contributed by atoms with van der Waals surface area (Å²) in [5.74, 6) is 0.871. The second kappa shape index (κ2) is 2.78. The normalized spacial score (nSPS) is 29.1. The molecule has 0 spiro atoms. The van der Waals surface area contributed by atoms with E-state index < -0.39 is 0 Å². The highest BCUT2D eigenvalue weighted by Gasteiger charge is 2.33. The Hall–Kier alpha value is -1.04. The van der Waals surface area contributed by atoms with Crippen LogP contribution in [0.2, 0.25) is 0 Å². The second-order valence-corrected chi connectivity index (χ2v) is 3.77. The Bertz CT molecular complexity index is 239. The maximum Gasteiger partial charge on any atom is 0.224 e. The summed E-state index contributed by atoms with van der Waals surface area (Å²) in [6.07, 6.45) is 2.98. The molecule has 0 aromatic rings. The van der Waals surface area contributed by atoms with Crippen LogP contribution in [0, 0.1) is 23.2 Å². The van der Waals surface area contributed by atoms with Crippen molar-refractivity contribution in [3.8, 4) is 6.07 Å². The minimum Gasteiger partial charge on any atom is -0.341 e. The topological polar surface area (TPSA) is 44.1 Å². The van der Waals surface area contributed by atoms with Crippen molar-refractivity contribution in [2.45, 2.75) is 19.3 Å². The van der Waals surface area contributed by atoms with Crippen molar-refractivity contribution in [2.75, 3.05) is 13.1 Å². The molecular weight excluding hydrogens is 152 g/mol. The van der Waals surface area contributed by atoms with Crippen molar-refractivity contribution < 1.29 is 4.79 Å². The van der Waals surface area contributed by atoms with Gasteiger partial charge in [-0.05, 0) is 18.8 Å². The summed E-state index contributed by atoms with van der Waals surface area (Å²) >= 11 is 0. The summed E-state index contributed by atoms with van der Waals surface area (Å²) < 4.78 is 0. The molecule has 0 unspecified atom stereocenters. The average molecular weight is 164 g/mol. The molecule has 3 heteroatoms. The SMILES string of the molecule is N#C[C@H]1CC(=O)N(CC2CC2)C1. The number of carbonyl (C=O) groups excluding carboxylic acids is 1. The fourth-order valence-corrected chi connectivity index (χ4v) is 1.65. The fourth-order valence-electron chi connectivity index (χ4n) is 1.65. The molecule has 2 aliphatic rings. The van der Waals surface area contributed by atoms with Crippen LogP contribution in [0.1, 0.15) is 19.3 Å². The van der Waals surface area contributed by atoms with Gasteiger partial charge in [0.25, 0.3) is 0 Å². The van der Waals surface area contributed by atoms with Gasteiger partial charge in [0.15, 0.2) is 0 Å². The van der Waals surface area contributed by atoms with E-state index in [0.717, 1.165) is 12.5 Å². The number of likely N-dealkylation sites (tertiary alicyclic amines) is 1. The van der Waals surface area contributed by atoms with E-state index in [-0.39, 0.29) is 11.8 Å². The quantitative estimate of drug-likeness (QED) is 0.605. The molecule has 0 bridgehead atoms. The first-order valence-electron chi connectivity index (χ1n) is 4.47. The van der Waals surface area contributed by atoms with E-state index in [4.69, 9.17) is 5.26 Å². The molecule has 1 atom stereocenters. The number of hydrogen-bond acceptors (Lipinski definition) is 2. The lowest BCUT2D eigenvalue weighted by Gasteiger charge is -2.14. The average Bonchev–Trinajstić information content (AvgIpc) is 2.78. The molecule has 2 rings (SSSR count). The summed E-state index contributed by atoms with van der Waals surface area (Å²) in [5, 5.41) is 8.62. The molecule has 0 aromatic carbocycles. The smallest absolute Gasteiger partial charge is 0.224 e. The molecule has 0 radical (unpaired) electrons. The van der Waals surface area contributed by atoms with Crippen LogP contribution in [0.4, 0.5) is 0 Å². The van der Waals surface area contributed by atoms with Gasteiger partial charge in [0.2, 0.25) is 5.91 Å². The largest absolute Gasteiger partial charge is 0.341 e. The van der Waals surface area contributed by atoms with Crippen LogP contribution >= 0.6 is 0 Å². The van der Waals surface area contributed by atoms with Crippen LogP contribution in [0.15, 0.2) is 0 Å². The summed E-state index contributed by atoms with van der Waals surface area (Å²) in [7, 11) is 0. The third-order valence-corrected chi connectivity index (χ3v) is 2.57. The van der Waals surface area contributed by atoms with Crippen molar-refractivity contribution in [2.24, 2.45) is 11.8 Å². The van der Waals surface area contributed by atoms with E-state index in [2.05, 4.69) is 6.07 Å². The third kappa shape index (κ3) is 1.42. The minimum absolute atomic E-state index is 0.0451. The van der Waals surface area contributed by atoms with Gasteiger partial charge in [-0.3, -0.25) is 4.79 Å². The van der Waals surface area contributed by atoms with Crippen molar-refractivity contribution in [1.82, 2.24) is 4.90 Å². The zero-order valence-corrected chi connectivity index (χ0v) is 6.99. The van der Waals surface area contributed by atoms with E-state index in [1.54, 1.807) is 0 Å². The number of nitrogens with zero attached hydrogens (tertiary/aromatic N) is 2. The van der Waals surface area contributed by atoms with Crippen LogP contribution in [0.5, 0.6) is 0 Å². The number of nitriles is 1. The number of hydrogen-bond donors (Lipinski definition) is 0. The molecular formula is C9H12N2O. The molecule has 1 saturated carbocycles. The van der Waals surface area contributed by atoms with E-state index in [9.17, 15) is 4.79 Å². The number of amides is 1. The predicted octanol–water partition coefficient (Wildman–Crippen LogP) is 0.768. The summed E-state index contributed by atoms with van der Waals surface area (Å²) in [6.45, 7) is 1.57. The third-order valence-electron chi connectivity index (χ3n) is 2.57. The van der Waals surface area contributed by atoms with Gasteiger partial charge in [-0.2, -0.15) is 5.26 Å². The van der Waals surface area contributed by atoms with Gasteiger partial charge in [-0.15, -0.1) is 0 Å². The van der Waals surface area contributed by atoms with Crippen LogP contribution in [0.25, 0.3) is 0 Å². The highest BCUT2D eigenvalue weighted by atomic mass is 16.2. The van der Waals surface area contributed by atoms with E-state index in [1.165, 1.54) is 12.8 Å². The van der Waals surface area contributed by atoms with Crippen molar-refractivity contribution in [3.63, 3.8) is 0 Å². The molecule has 0 aromatic heterocycles. The maximum atomic E-state index is 11.3. The Labute approximate surface area is 72.0 Å². The van der Waals surface area contributed by atoms with Gasteiger partial charge in [0.1, 0.15) is 0 Å². The number of rotatable bonds is 2. The second-order valence-electron chi connectivity index (χ2n) is 3.77. The molecule has 1 amide bonds. The van der Waals surface area contributed by atoms with Gasteiger partial charge >= 0.3 is 0 Å². The Morgan fingerprint density at radius 3 is 2.83 bits per heavy atom. The highest BCUT2D eigenvalue weighted by molar-refractivity contribution is 5.79. The highest BCUT2D eigenvalue weighted by Crippen LogP contribution is 2.31. The minimum atomic E-state index is -0.0451. The lowest BCUT2D eigenvalue weighted by atomic mass is 10.1. The first-order valence-corrected chi connectivity index (χ1v) is 4.47. The van der Waals surface area contributed by atoms with Crippen LogP contribution in [-0.2, 0) is 4.79 Å². The molecule has 1 aliphatic carbocycles. The summed E-state index contributed by atoms with van der Waals surface area (Å²) in [6, 6.07) is 2.16. The molecule has 2 fully saturated rings. The first kappa shape index (κ1) is 7.60. The monoisotopic (exact) mass is 164 g/mol. The van der Waals surface area contributed by atoms with E-state index in [0.29, 0.717) is 13.0 Å². The molecule has 12 heavy (non-hydrogen) atoms. The lowest BCUT2D eigenvalue weighted by Crippen LogP contribution is -2.27. The zero-order valence-electron chi connectivity index (χ0n) is 6.99. The lowest BCUT2D eigenvalue weighted by molar-refractivity contribution is -0.127. The van der Waals surface area contributed by atoms with Crippen molar-refractivity contribution >= 4 is 5.91 Å². The maximum absolute atomic E-state index is 11.3. The van der Waals surface area contributed by atoms with Crippen LogP contribution < -0.4 is 0 Å². The van der Waals surface area contributed by atoms with Gasteiger partial charge in [0.05, 0.1) is 12.0 Å². The van der Waals surface area contributed by atoms with Gasteiger partial charge in [0, 0.05) is 19.5 Å². The van der Waals surface area contributed by atoms with Crippen molar-refractivity contribution in [1.29, 1.82) is 5.26 Å². The Morgan fingerprint density at radius 2 is 2.33 bits per heavy atom. The Morgan fingerprint density at radius 1 is 1.58 bits per heavy atom. The van der Waals surface area contributed by atoms with Crippen molar-refractivity contribution in [3.05, 3.63) is 0 Å². The van der Waals surface area contributed by atoms with Crippen LogP contribution in [0.3, 0.4) is 0 Å². The number of carbonyl (C=O) groups is 1. The van der Waals surface area contributed by atoms with Gasteiger partial charge in [-0.1, -0.05) is 0 Å². The predicted molar refractivity (Wildman–Crippen MR) is 43.0 cm³/mol. The van der Waals surface area contributed by atoms with Gasteiger partial charge in [-0.25, -0.2) is 0 Å². The Kier molecular flexibility index (Phi) is 1.76. The summed E-state index contributed by atoms with van der Waals surface area (Å²) in [5.41, 5.74) is 0.